The second-order valence-electron chi connectivity index (χ2n) is 8.66. The Morgan fingerprint density at radius 3 is 2.54 bits per heavy atom. The first kappa shape index (κ1) is 19.0. The number of carbonyl (C=O) groups is 2. The highest BCUT2D eigenvalue weighted by atomic mass is 16.4. The number of hydrogen-bond acceptors (Lipinski definition) is 2. The van der Waals surface area contributed by atoms with Crippen molar-refractivity contribution in [1.29, 1.82) is 0 Å². The minimum absolute atomic E-state index is 0.0241. The Morgan fingerprint density at radius 1 is 1.29 bits per heavy atom. The second kappa shape index (κ2) is 6.89. The zero-order valence-corrected chi connectivity index (χ0v) is 15.3. The highest BCUT2D eigenvalue weighted by Gasteiger charge is 2.57. The second-order valence-corrected chi connectivity index (χ2v) is 8.66. The van der Waals surface area contributed by atoms with Gasteiger partial charge in [-0.3, -0.25) is 9.59 Å². The largest absolute Gasteiger partial charge is 0.481 e. The molecule has 0 aromatic carbocycles. The molecule has 2 fully saturated rings. The van der Waals surface area contributed by atoms with Crippen LogP contribution in [0.2, 0.25) is 0 Å². The number of hydrogen-bond donors (Lipinski definition) is 2. The average molecular weight is 336 g/mol. The Hall–Kier alpha value is -1.32. The van der Waals surface area contributed by atoms with E-state index in [4.69, 9.17) is 5.11 Å². The Kier molecular flexibility index (Phi) is 5.46. The summed E-state index contributed by atoms with van der Waals surface area (Å²) in [6, 6.07) is 0. The minimum Gasteiger partial charge on any atom is -0.481 e. The molecule has 0 heterocycles. The summed E-state index contributed by atoms with van der Waals surface area (Å²) in [5.41, 5.74) is 0.577. The van der Waals surface area contributed by atoms with Crippen LogP contribution in [0.1, 0.15) is 72.1 Å². The molecule has 2 rings (SSSR count). The molecule has 0 amide bonds. The summed E-state index contributed by atoms with van der Waals surface area (Å²) in [6.45, 7) is 10.5. The summed E-state index contributed by atoms with van der Waals surface area (Å²) in [6.07, 6.45) is 6.57. The van der Waals surface area contributed by atoms with E-state index in [1.165, 1.54) is 5.57 Å². The topological polar surface area (TPSA) is 74.6 Å². The summed E-state index contributed by atoms with van der Waals surface area (Å²) in [5, 5.41) is 18.8. The van der Waals surface area contributed by atoms with E-state index >= 15 is 0 Å². The first-order chi connectivity index (χ1) is 11.1. The van der Waals surface area contributed by atoms with Gasteiger partial charge in [-0.05, 0) is 68.6 Å². The number of carboxylic acids is 2. The van der Waals surface area contributed by atoms with Crippen LogP contribution in [0.3, 0.4) is 0 Å². The summed E-state index contributed by atoms with van der Waals surface area (Å²) < 4.78 is 0. The van der Waals surface area contributed by atoms with Crippen LogP contribution in [-0.2, 0) is 9.59 Å². The van der Waals surface area contributed by atoms with Gasteiger partial charge in [0.2, 0.25) is 0 Å². The Labute approximate surface area is 145 Å². The van der Waals surface area contributed by atoms with Crippen LogP contribution in [0.4, 0.5) is 0 Å². The molecule has 0 spiro atoms. The fourth-order valence-corrected chi connectivity index (χ4v) is 5.59. The molecule has 5 atom stereocenters. The molecule has 0 aromatic heterocycles. The molecule has 0 saturated heterocycles. The maximum atomic E-state index is 12.0. The van der Waals surface area contributed by atoms with Crippen molar-refractivity contribution >= 4 is 11.9 Å². The molecule has 2 N–H and O–H groups in total. The predicted octanol–water partition coefficient (Wildman–Crippen LogP) is 4.74. The van der Waals surface area contributed by atoms with Crippen LogP contribution in [0.15, 0.2) is 12.2 Å². The Balaban J connectivity index is 2.19. The van der Waals surface area contributed by atoms with Crippen molar-refractivity contribution in [2.24, 2.45) is 28.6 Å². The molecule has 0 aromatic rings. The molecule has 24 heavy (non-hydrogen) atoms. The fraction of sp³-hybridized carbons (Fsp3) is 0.800. The highest BCUT2D eigenvalue weighted by molar-refractivity contribution is 5.75. The first-order valence-corrected chi connectivity index (χ1v) is 9.24. The van der Waals surface area contributed by atoms with Gasteiger partial charge >= 0.3 is 11.9 Å². The molecule has 0 aliphatic heterocycles. The van der Waals surface area contributed by atoms with E-state index in [1.54, 1.807) is 0 Å². The van der Waals surface area contributed by atoms with Crippen molar-refractivity contribution in [3.05, 3.63) is 12.2 Å². The van der Waals surface area contributed by atoms with Crippen molar-refractivity contribution < 1.29 is 19.8 Å². The standard InChI is InChI=1S/C20H32O4/c1-13(12-17(21)22)6-8-15-14(2)7-9-16-19(15,3)10-5-11-20(16,4)18(23)24/h13,15-16H,2,5-12H2,1,3-4H3,(H,21,22)(H,23,24)/t13-,15-,16+,19+,20?/m0/s1. The number of rotatable bonds is 6. The number of carboxylic acid groups (broad SMARTS) is 2. The van der Waals surface area contributed by atoms with Crippen molar-refractivity contribution in [3.8, 4) is 0 Å². The van der Waals surface area contributed by atoms with Crippen molar-refractivity contribution in [2.75, 3.05) is 0 Å². The van der Waals surface area contributed by atoms with E-state index in [0.29, 0.717) is 5.92 Å². The van der Waals surface area contributed by atoms with Crippen molar-refractivity contribution in [1.82, 2.24) is 0 Å². The van der Waals surface area contributed by atoms with Crippen molar-refractivity contribution in [2.45, 2.75) is 72.1 Å². The molecule has 4 nitrogen and oxygen atoms in total. The van der Waals surface area contributed by atoms with Crippen LogP contribution in [-0.4, -0.2) is 22.2 Å². The van der Waals surface area contributed by atoms with Crippen LogP contribution >= 0.6 is 0 Å². The van der Waals surface area contributed by atoms with E-state index in [-0.39, 0.29) is 23.7 Å². The number of fused-ring (bicyclic) bond motifs is 1. The average Bonchev–Trinajstić information content (AvgIpc) is 2.45. The van der Waals surface area contributed by atoms with Crippen LogP contribution < -0.4 is 0 Å². The van der Waals surface area contributed by atoms with Gasteiger partial charge in [0, 0.05) is 6.42 Å². The highest BCUT2D eigenvalue weighted by Crippen LogP contribution is 2.62. The quantitative estimate of drug-likeness (QED) is 0.687. The lowest BCUT2D eigenvalue weighted by Gasteiger charge is -2.57. The fourth-order valence-electron chi connectivity index (χ4n) is 5.59. The maximum Gasteiger partial charge on any atom is 0.309 e. The molecule has 0 bridgehead atoms. The van der Waals surface area contributed by atoms with Crippen LogP contribution in [0.5, 0.6) is 0 Å². The maximum absolute atomic E-state index is 12.0. The molecular formula is C20H32O4. The molecule has 1 unspecified atom stereocenters. The van der Waals surface area contributed by atoms with E-state index < -0.39 is 17.4 Å². The summed E-state index contributed by atoms with van der Waals surface area (Å²) in [4.78, 5) is 22.9. The zero-order valence-electron chi connectivity index (χ0n) is 15.3. The van der Waals surface area contributed by atoms with Crippen LogP contribution in [0, 0.1) is 28.6 Å². The van der Waals surface area contributed by atoms with Gasteiger partial charge in [0.25, 0.3) is 0 Å². The van der Waals surface area contributed by atoms with Gasteiger partial charge in [0.1, 0.15) is 0 Å². The lowest BCUT2D eigenvalue weighted by atomic mass is 9.46. The van der Waals surface area contributed by atoms with Gasteiger partial charge in [-0.1, -0.05) is 32.4 Å². The molecule has 2 aliphatic carbocycles. The Bertz CT molecular complexity index is 526. The van der Waals surface area contributed by atoms with E-state index in [2.05, 4.69) is 13.5 Å². The normalized spacial score (nSPS) is 37.5. The molecule has 0 radical (unpaired) electrons. The van der Waals surface area contributed by atoms with Crippen LogP contribution in [0.25, 0.3) is 0 Å². The lowest BCUT2D eigenvalue weighted by Crippen LogP contribution is -2.53. The van der Waals surface area contributed by atoms with Gasteiger partial charge in [0.15, 0.2) is 0 Å². The molecule has 4 heteroatoms. The van der Waals surface area contributed by atoms with Gasteiger partial charge in [-0.25, -0.2) is 0 Å². The third-order valence-corrected chi connectivity index (χ3v) is 6.98. The molecule has 2 aliphatic rings. The van der Waals surface area contributed by atoms with E-state index in [9.17, 15) is 14.7 Å². The third kappa shape index (κ3) is 3.38. The SMILES string of the molecule is C=C1CC[C@H]2C(C)(C(=O)O)CCC[C@]2(C)[C@H]1CC[C@H](C)CC(=O)O. The molecule has 136 valence electrons. The zero-order chi connectivity index (χ0) is 18.1. The van der Waals surface area contributed by atoms with Gasteiger partial charge < -0.3 is 10.2 Å². The minimum atomic E-state index is -0.745. The third-order valence-electron chi connectivity index (χ3n) is 6.98. The van der Waals surface area contributed by atoms with Gasteiger partial charge in [-0.2, -0.15) is 0 Å². The monoisotopic (exact) mass is 336 g/mol. The lowest BCUT2D eigenvalue weighted by molar-refractivity contribution is -0.164. The van der Waals surface area contributed by atoms with E-state index in [1.807, 2.05) is 13.8 Å². The van der Waals surface area contributed by atoms with Gasteiger partial charge in [-0.15, -0.1) is 0 Å². The van der Waals surface area contributed by atoms with Gasteiger partial charge in [0.05, 0.1) is 5.41 Å². The number of allylic oxidation sites excluding steroid dienone is 1. The summed E-state index contributed by atoms with van der Waals surface area (Å²) in [5.74, 6) is -0.768. The smallest absolute Gasteiger partial charge is 0.309 e. The van der Waals surface area contributed by atoms with Crippen molar-refractivity contribution in [3.63, 3.8) is 0 Å². The predicted molar refractivity (Wildman–Crippen MR) is 93.7 cm³/mol. The first-order valence-electron chi connectivity index (χ1n) is 9.24. The summed E-state index contributed by atoms with van der Waals surface area (Å²) >= 11 is 0. The number of aliphatic carboxylic acids is 2. The molecular weight excluding hydrogens is 304 g/mol. The Morgan fingerprint density at radius 2 is 1.96 bits per heavy atom. The summed E-state index contributed by atoms with van der Waals surface area (Å²) in [7, 11) is 0. The van der Waals surface area contributed by atoms with E-state index in [0.717, 1.165) is 44.9 Å². The molecule has 2 saturated carbocycles.